The SMILES string of the molecule is C[C@@H]1CN(Cc2ccc(-c3ccccc3)c(O)c2Oc2ncc(F)cc2C(N)=O)C[C@H](C)N1C1CCC(N)CC1. The number of phenols is 1. The van der Waals surface area contributed by atoms with Crippen molar-refractivity contribution in [3.05, 3.63) is 71.7 Å². The van der Waals surface area contributed by atoms with Gasteiger partial charge in [-0.1, -0.05) is 42.5 Å². The molecule has 2 aromatic carbocycles. The van der Waals surface area contributed by atoms with Gasteiger partial charge in [-0.15, -0.1) is 0 Å². The molecule has 2 fully saturated rings. The van der Waals surface area contributed by atoms with E-state index in [1.807, 2.05) is 42.5 Å². The third kappa shape index (κ3) is 5.96. The molecule has 1 aliphatic heterocycles. The molecule has 2 heterocycles. The lowest BCUT2D eigenvalue weighted by Crippen LogP contribution is -2.60. The van der Waals surface area contributed by atoms with Crippen LogP contribution in [0.3, 0.4) is 0 Å². The van der Waals surface area contributed by atoms with Crippen molar-refractivity contribution in [2.45, 2.75) is 70.2 Å². The number of aromatic nitrogens is 1. The third-order valence-electron chi connectivity index (χ3n) is 8.20. The molecule has 8 nitrogen and oxygen atoms in total. The van der Waals surface area contributed by atoms with Gasteiger partial charge < -0.3 is 21.3 Å². The second-order valence-corrected chi connectivity index (χ2v) is 11.2. The molecule has 1 aromatic heterocycles. The minimum absolute atomic E-state index is 0.0801. The summed E-state index contributed by atoms with van der Waals surface area (Å²) in [4.78, 5) is 21.0. The van der Waals surface area contributed by atoms with Gasteiger partial charge in [0, 0.05) is 54.9 Å². The van der Waals surface area contributed by atoms with Gasteiger partial charge >= 0.3 is 0 Å². The van der Waals surface area contributed by atoms with E-state index in [1.165, 1.54) is 0 Å². The van der Waals surface area contributed by atoms with Crippen molar-refractivity contribution in [1.29, 1.82) is 0 Å². The number of amides is 1. The number of carbonyl (C=O) groups excluding carboxylic acids is 1. The lowest BCUT2D eigenvalue weighted by Gasteiger charge is -2.49. The molecule has 1 saturated carbocycles. The first-order chi connectivity index (χ1) is 19.2. The Bertz CT molecular complexity index is 1330. The molecular formula is C31H38FN5O3. The van der Waals surface area contributed by atoms with E-state index in [0.29, 0.717) is 36.3 Å². The van der Waals surface area contributed by atoms with Gasteiger partial charge in [0.05, 0.1) is 6.20 Å². The number of ether oxygens (including phenoxy) is 1. The number of nitrogens with two attached hydrogens (primary N) is 2. The first-order valence-electron chi connectivity index (χ1n) is 14.0. The van der Waals surface area contributed by atoms with Crippen LogP contribution >= 0.6 is 0 Å². The van der Waals surface area contributed by atoms with E-state index >= 15 is 0 Å². The fourth-order valence-corrected chi connectivity index (χ4v) is 6.42. The summed E-state index contributed by atoms with van der Waals surface area (Å²) >= 11 is 0. The van der Waals surface area contributed by atoms with E-state index < -0.39 is 11.7 Å². The van der Waals surface area contributed by atoms with Crippen LogP contribution in [0.4, 0.5) is 4.39 Å². The zero-order chi connectivity index (χ0) is 28.4. The molecule has 0 bridgehead atoms. The zero-order valence-corrected chi connectivity index (χ0v) is 23.1. The van der Waals surface area contributed by atoms with Crippen LogP contribution in [0.5, 0.6) is 17.4 Å². The van der Waals surface area contributed by atoms with Crippen molar-refractivity contribution in [2.24, 2.45) is 11.5 Å². The number of benzene rings is 2. The Balaban J connectivity index is 1.44. The number of carbonyl (C=O) groups is 1. The van der Waals surface area contributed by atoms with Gasteiger partial charge in [-0.2, -0.15) is 0 Å². The second kappa shape index (κ2) is 11.9. The van der Waals surface area contributed by atoms with Crippen LogP contribution < -0.4 is 16.2 Å². The van der Waals surface area contributed by atoms with Crippen molar-refractivity contribution >= 4 is 5.91 Å². The highest BCUT2D eigenvalue weighted by atomic mass is 19.1. The van der Waals surface area contributed by atoms with Gasteiger partial charge in [0.1, 0.15) is 11.4 Å². The second-order valence-electron chi connectivity index (χ2n) is 11.2. The van der Waals surface area contributed by atoms with Gasteiger partial charge in [-0.25, -0.2) is 9.37 Å². The number of halogens is 1. The molecule has 9 heteroatoms. The summed E-state index contributed by atoms with van der Waals surface area (Å²) < 4.78 is 20.0. The standard InChI is InChI=1S/C31H38FN5O3/c1-19-16-36(17-20(2)37(19)25-11-9-24(33)10-12-25)18-22-8-13-26(21-6-4-3-5-7-21)28(38)29(22)40-31-27(30(34)39)14-23(32)15-35-31/h3-8,13-15,19-20,24-25,38H,9-12,16-18,33H2,1-2H3,(H2,34,39)/t19-,20+,24?,25?. The molecule has 1 aliphatic carbocycles. The first-order valence-corrected chi connectivity index (χ1v) is 14.0. The number of nitrogens with zero attached hydrogens (tertiary/aromatic N) is 3. The minimum atomic E-state index is -0.871. The van der Waals surface area contributed by atoms with Crippen LogP contribution in [0.2, 0.25) is 0 Å². The first kappa shape index (κ1) is 28.0. The topological polar surface area (TPSA) is 118 Å². The van der Waals surface area contributed by atoms with Gasteiger partial charge in [0.2, 0.25) is 5.88 Å². The molecule has 0 unspecified atom stereocenters. The molecule has 212 valence electrons. The number of rotatable bonds is 7. The van der Waals surface area contributed by atoms with E-state index in [2.05, 4.69) is 28.6 Å². The molecule has 5 rings (SSSR count). The fraction of sp³-hybridized carbons (Fsp3) is 0.419. The number of pyridine rings is 1. The van der Waals surface area contributed by atoms with Gasteiger partial charge in [0.25, 0.3) is 5.91 Å². The smallest absolute Gasteiger partial charge is 0.254 e. The molecule has 5 N–H and O–H groups in total. The summed E-state index contributed by atoms with van der Waals surface area (Å²) in [6.07, 6.45) is 5.37. The maximum atomic E-state index is 13.9. The predicted octanol–water partition coefficient (Wildman–Crippen LogP) is 4.65. The maximum absolute atomic E-state index is 13.9. The van der Waals surface area contributed by atoms with E-state index in [1.54, 1.807) is 0 Å². The van der Waals surface area contributed by atoms with Crippen LogP contribution in [0.25, 0.3) is 11.1 Å². The molecule has 2 atom stereocenters. The quantitative estimate of drug-likeness (QED) is 0.394. The number of primary amides is 1. The van der Waals surface area contributed by atoms with Crippen molar-refractivity contribution in [2.75, 3.05) is 13.1 Å². The van der Waals surface area contributed by atoms with Crippen LogP contribution in [0.15, 0.2) is 54.7 Å². The van der Waals surface area contributed by atoms with Crippen molar-refractivity contribution < 1.29 is 19.0 Å². The Morgan fingerprint density at radius 3 is 2.40 bits per heavy atom. The predicted molar refractivity (Wildman–Crippen MR) is 153 cm³/mol. The van der Waals surface area contributed by atoms with Crippen LogP contribution in [-0.2, 0) is 6.54 Å². The summed E-state index contributed by atoms with van der Waals surface area (Å²) in [5.74, 6) is -1.64. The van der Waals surface area contributed by atoms with Crippen molar-refractivity contribution in [1.82, 2.24) is 14.8 Å². The van der Waals surface area contributed by atoms with Crippen LogP contribution in [-0.4, -0.2) is 63.1 Å². The molecule has 2 aliphatic rings. The monoisotopic (exact) mass is 547 g/mol. The van der Waals surface area contributed by atoms with Gasteiger partial charge in [0.15, 0.2) is 11.5 Å². The lowest BCUT2D eigenvalue weighted by atomic mass is 9.88. The summed E-state index contributed by atoms with van der Waals surface area (Å²) in [5.41, 5.74) is 13.6. The molecule has 3 aromatic rings. The van der Waals surface area contributed by atoms with Crippen molar-refractivity contribution in [3.63, 3.8) is 0 Å². The normalized spacial score (nSPS) is 24.1. The number of piperazine rings is 1. The zero-order valence-electron chi connectivity index (χ0n) is 23.1. The Morgan fingerprint density at radius 2 is 1.75 bits per heavy atom. The van der Waals surface area contributed by atoms with E-state index in [-0.39, 0.29) is 22.9 Å². The summed E-state index contributed by atoms with van der Waals surface area (Å²) in [6.45, 7) is 6.77. The number of hydrogen-bond acceptors (Lipinski definition) is 7. The molecule has 0 radical (unpaired) electrons. The van der Waals surface area contributed by atoms with Crippen molar-refractivity contribution in [3.8, 4) is 28.5 Å². The minimum Gasteiger partial charge on any atom is -0.504 e. The van der Waals surface area contributed by atoms with Crippen LogP contribution in [0, 0.1) is 5.82 Å². The Labute approximate surface area is 234 Å². The van der Waals surface area contributed by atoms with E-state index in [4.69, 9.17) is 16.2 Å². The Morgan fingerprint density at radius 1 is 1.07 bits per heavy atom. The summed E-state index contributed by atoms with van der Waals surface area (Å²) in [5, 5.41) is 11.5. The average molecular weight is 548 g/mol. The van der Waals surface area contributed by atoms with E-state index in [9.17, 15) is 14.3 Å². The Hall–Kier alpha value is -3.53. The number of aromatic hydroxyl groups is 1. The highest BCUT2D eigenvalue weighted by Crippen LogP contribution is 2.43. The molecule has 1 saturated heterocycles. The van der Waals surface area contributed by atoms with E-state index in [0.717, 1.165) is 62.2 Å². The third-order valence-corrected chi connectivity index (χ3v) is 8.20. The highest BCUT2D eigenvalue weighted by Gasteiger charge is 2.36. The highest BCUT2D eigenvalue weighted by molar-refractivity contribution is 5.95. The number of hydrogen-bond donors (Lipinski definition) is 3. The molecular weight excluding hydrogens is 509 g/mol. The summed E-state index contributed by atoms with van der Waals surface area (Å²) in [7, 11) is 0. The molecule has 1 amide bonds. The lowest BCUT2D eigenvalue weighted by molar-refractivity contribution is -0.00940. The largest absolute Gasteiger partial charge is 0.504 e. The molecule has 0 spiro atoms. The average Bonchev–Trinajstić information content (AvgIpc) is 2.92. The number of phenolic OH excluding ortho intramolecular Hbond substituents is 1. The molecule has 40 heavy (non-hydrogen) atoms. The Kier molecular flexibility index (Phi) is 8.35. The van der Waals surface area contributed by atoms with Crippen LogP contribution in [0.1, 0.15) is 55.5 Å². The fourth-order valence-electron chi connectivity index (χ4n) is 6.42. The summed E-state index contributed by atoms with van der Waals surface area (Å²) in [6, 6.07) is 15.8. The van der Waals surface area contributed by atoms with Gasteiger partial charge in [-0.3, -0.25) is 14.6 Å². The van der Waals surface area contributed by atoms with Gasteiger partial charge in [-0.05, 0) is 51.2 Å². The maximum Gasteiger partial charge on any atom is 0.254 e.